The summed E-state index contributed by atoms with van der Waals surface area (Å²) >= 11 is 0. The molecule has 2 aromatic rings. The fourth-order valence-corrected chi connectivity index (χ4v) is 4.39. The molecule has 1 heterocycles. The molecule has 0 bridgehead atoms. The third-order valence-corrected chi connectivity index (χ3v) is 6.51. The minimum Gasteiger partial charge on any atom is -0.481 e. The molecule has 0 unspecified atom stereocenters. The smallest absolute Gasteiger partial charge is 0.310 e. The molecule has 138 valence electrons. The summed E-state index contributed by atoms with van der Waals surface area (Å²) in [5, 5.41) is 9.80. The molecule has 0 aromatic heterocycles. The molecule has 0 spiro atoms. The van der Waals surface area contributed by atoms with Gasteiger partial charge in [0.05, 0.1) is 11.7 Å². The molecule has 26 heavy (non-hydrogen) atoms. The van der Waals surface area contributed by atoms with Gasteiger partial charge >= 0.3 is 5.97 Å². The standard InChI is InChI=1S/C20H23NO4S/c1-26(24,25)21-13-11-20(12-14-21,19(22)23)15-16-7-9-18(10-8-16)17-5-3-2-4-6-17/h2-10H,11-15H2,1H3,(H,22,23). The second kappa shape index (κ2) is 7.21. The molecular weight excluding hydrogens is 350 g/mol. The highest BCUT2D eigenvalue weighted by molar-refractivity contribution is 7.88. The van der Waals surface area contributed by atoms with Gasteiger partial charge in [-0.3, -0.25) is 4.79 Å². The minimum atomic E-state index is -3.27. The number of aliphatic carboxylic acids is 1. The fourth-order valence-electron chi connectivity index (χ4n) is 3.55. The van der Waals surface area contributed by atoms with Gasteiger partial charge in [0.15, 0.2) is 0 Å². The molecule has 1 N–H and O–H groups in total. The molecule has 0 amide bonds. The van der Waals surface area contributed by atoms with Crippen LogP contribution >= 0.6 is 0 Å². The van der Waals surface area contributed by atoms with Crippen LogP contribution < -0.4 is 0 Å². The van der Waals surface area contributed by atoms with Crippen molar-refractivity contribution in [1.82, 2.24) is 4.31 Å². The lowest BCUT2D eigenvalue weighted by atomic mass is 9.74. The number of nitrogens with zero attached hydrogens (tertiary/aromatic N) is 1. The van der Waals surface area contributed by atoms with Gasteiger partial charge < -0.3 is 5.11 Å². The van der Waals surface area contributed by atoms with Crippen molar-refractivity contribution in [2.45, 2.75) is 19.3 Å². The summed E-state index contributed by atoms with van der Waals surface area (Å²) in [5.41, 5.74) is 2.26. The van der Waals surface area contributed by atoms with E-state index in [1.807, 2.05) is 54.6 Å². The van der Waals surface area contributed by atoms with Crippen LogP contribution in [0.15, 0.2) is 54.6 Å². The predicted octanol–water partition coefficient (Wildman–Crippen LogP) is 3.02. The molecule has 0 saturated carbocycles. The van der Waals surface area contributed by atoms with Gasteiger partial charge in [0.1, 0.15) is 0 Å². The first-order valence-corrected chi connectivity index (χ1v) is 10.5. The van der Waals surface area contributed by atoms with E-state index in [1.54, 1.807) is 0 Å². The zero-order valence-corrected chi connectivity index (χ0v) is 15.6. The molecule has 0 aliphatic carbocycles. The number of carbonyl (C=O) groups is 1. The third-order valence-electron chi connectivity index (χ3n) is 5.21. The Morgan fingerprint density at radius 1 is 1.00 bits per heavy atom. The van der Waals surface area contributed by atoms with Crippen molar-refractivity contribution in [3.63, 3.8) is 0 Å². The zero-order valence-electron chi connectivity index (χ0n) is 14.8. The van der Waals surface area contributed by atoms with E-state index in [1.165, 1.54) is 10.6 Å². The van der Waals surface area contributed by atoms with Crippen molar-refractivity contribution in [3.8, 4) is 11.1 Å². The van der Waals surface area contributed by atoms with Crippen molar-refractivity contribution < 1.29 is 18.3 Å². The van der Waals surface area contributed by atoms with Crippen molar-refractivity contribution in [3.05, 3.63) is 60.2 Å². The normalized spacial score (nSPS) is 17.7. The van der Waals surface area contributed by atoms with Gasteiger partial charge in [-0.25, -0.2) is 12.7 Å². The van der Waals surface area contributed by atoms with E-state index in [0.29, 0.717) is 19.3 Å². The number of piperidine rings is 1. The second-order valence-electron chi connectivity index (χ2n) is 6.99. The highest BCUT2D eigenvalue weighted by Gasteiger charge is 2.43. The Morgan fingerprint density at radius 3 is 2.04 bits per heavy atom. The molecule has 0 radical (unpaired) electrons. The number of rotatable bonds is 5. The molecule has 5 nitrogen and oxygen atoms in total. The molecule has 1 aliphatic heterocycles. The second-order valence-corrected chi connectivity index (χ2v) is 8.97. The maximum atomic E-state index is 12.0. The summed E-state index contributed by atoms with van der Waals surface area (Å²) in [6.45, 7) is 0.514. The van der Waals surface area contributed by atoms with Crippen LogP contribution in [0, 0.1) is 5.41 Å². The number of carboxylic acid groups (broad SMARTS) is 1. The summed E-state index contributed by atoms with van der Waals surface area (Å²) in [4.78, 5) is 12.0. The largest absolute Gasteiger partial charge is 0.481 e. The molecule has 0 atom stereocenters. The lowest BCUT2D eigenvalue weighted by Gasteiger charge is -2.37. The SMILES string of the molecule is CS(=O)(=O)N1CCC(Cc2ccc(-c3ccccc3)cc2)(C(=O)O)CC1. The summed E-state index contributed by atoms with van der Waals surface area (Å²) in [6, 6.07) is 18.0. The summed E-state index contributed by atoms with van der Waals surface area (Å²) < 4.78 is 24.7. The zero-order chi connectivity index (χ0) is 18.8. The van der Waals surface area contributed by atoms with Gasteiger partial charge in [-0.1, -0.05) is 54.6 Å². The van der Waals surface area contributed by atoms with Crippen molar-refractivity contribution in [2.24, 2.45) is 5.41 Å². The topological polar surface area (TPSA) is 74.7 Å². The van der Waals surface area contributed by atoms with E-state index in [-0.39, 0.29) is 13.1 Å². The van der Waals surface area contributed by atoms with Crippen LogP contribution in [-0.4, -0.2) is 43.1 Å². The van der Waals surface area contributed by atoms with Gasteiger partial charge in [0, 0.05) is 13.1 Å². The lowest BCUT2D eigenvalue weighted by Crippen LogP contribution is -2.47. The van der Waals surface area contributed by atoms with Crippen LogP contribution in [0.5, 0.6) is 0 Å². The highest BCUT2D eigenvalue weighted by atomic mass is 32.2. The van der Waals surface area contributed by atoms with Crippen molar-refractivity contribution in [2.75, 3.05) is 19.3 Å². The fraction of sp³-hybridized carbons (Fsp3) is 0.350. The third kappa shape index (κ3) is 3.97. The van der Waals surface area contributed by atoms with Gasteiger partial charge in [-0.2, -0.15) is 0 Å². The summed E-state index contributed by atoms with van der Waals surface area (Å²) in [7, 11) is -3.27. The monoisotopic (exact) mass is 373 g/mol. The molecule has 1 fully saturated rings. The number of sulfonamides is 1. The molecule has 1 saturated heterocycles. The van der Waals surface area contributed by atoms with Crippen molar-refractivity contribution in [1.29, 1.82) is 0 Å². The van der Waals surface area contributed by atoms with Crippen LogP contribution in [0.3, 0.4) is 0 Å². The van der Waals surface area contributed by atoms with Crippen LogP contribution in [0.4, 0.5) is 0 Å². The van der Waals surface area contributed by atoms with E-state index in [0.717, 1.165) is 16.7 Å². The first-order chi connectivity index (χ1) is 12.3. The Morgan fingerprint density at radius 2 is 1.54 bits per heavy atom. The van der Waals surface area contributed by atoms with Crippen LogP contribution in [0.1, 0.15) is 18.4 Å². The molecule has 2 aromatic carbocycles. The maximum absolute atomic E-state index is 12.0. The Balaban J connectivity index is 1.76. The highest BCUT2D eigenvalue weighted by Crippen LogP contribution is 2.36. The van der Waals surface area contributed by atoms with Gasteiger partial charge in [0.25, 0.3) is 0 Å². The maximum Gasteiger partial charge on any atom is 0.310 e. The van der Waals surface area contributed by atoms with E-state index in [9.17, 15) is 18.3 Å². The number of benzene rings is 2. The number of hydrogen-bond acceptors (Lipinski definition) is 3. The lowest BCUT2D eigenvalue weighted by molar-refractivity contribution is -0.151. The van der Waals surface area contributed by atoms with E-state index < -0.39 is 21.4 Å². The Kier molecular flexibility index (Phi) is 5.16. The van der Waals surface area contributed by atoms with Crippen LogP contribution in [0.25, 0.3) is 11.1 Å². The number of hydrogen-bond donors (Lipinski definition) is 1. The van der Waals surface area contributed by atoms with Crippen LogP contribution in [0.2, 0.25) is 0 Å². The molecular formula is C20H23NO4S. The molecule has 6 heteroatoms. The first-order valence-electron chi connectivity index (χ1n) is 8.63. The average molecular weight is 373 g/mol. The Bertz CT molecular complexity index is 868. The summed E-state index contributed by atoms with van der Waals surface area (Å²) in [6.07, 6.45) is 2.24. The quantitative estimate of drug-likeness (QED) is 0.874. The first kappa shape index (κ1) is 18.6. The molecule has 1 aliphatic rings. The predicted molar refractivity (Wildman–Crippen MR) is 101 cm³/mol. The van der Waals surface area contributed by atoms with Crippen LogP contribution in [-0.2, 0) is 21.2 Å². The van der Waals surface area contributed by atoms with Gasteiger partial charge in [0.2, 0.25) is 10.0 Å². The van der Waals surface area contributed by atoms with E-state index in [2.05, 4.69) is 0 Å². The Hall–Kier alpha value is -2.18. The molecule has 3 rings (SSSR count). The van der Waals surface area contributed by atoms with Crippen molar-refractivity contribution >= 4 is 16.0 Å². The minimum absolute atomic E-state index is 0.257. The average Bonchev–Trinajstić information content (AvgIpc) is 2.62. The van der Waals surface area contributed by atoms with Gasteiger partial charge in [-0.15, -0.1) is 0 Å². The Labute approximate surface area is 154 Å². The van der Waals surface area contributed by atoms with E-state index in [4.69, 9.17) is 0 Å². The summed E-state index contributed by atoms with van der Waals surface area (Å²) in [5.74, 6) is -0.849. The van der Waals surface area contributed by atoms with Gasteiger partial charge in [-0.05, 0) is 36.0 Å². The van der Waals surface area contributed by atoms with E-state index >= 15 is 0 Å². The number of carboxylic acids is 1.